The molecule has 0 saturated heterocycles. The second kappa shape index (κ2) is 11.4. The van der Waals surface area contributed by atoms with E-state index >= 15 is 0 Å². The van der Waals surface area contributed by atoms with Gasteiger partial charge in [-0.25, -0.2) is 9.97 Å². The Hall–Kier alpha value is -5.77. The molecule has 0 aliphatic carbocycles. The number of rotatable bonds is 4. The molecule has 5 nitrogen and oxygen atoms in total. The molecule has 234 valence electrons. The summed E-state index contributed by atoms with van der Waals surface area (Å²) in [4.78, 5) is 15.3. The average molecular weight is 809 g/mol. The summed E-state index contributed by atoms with van der Waals surface area (Å²) in [6, 6.07) is 52.5. The SMILES string of the molecule is Cc1ccc2[n-]c3c(-c4nc5c(-c6[c-]c7c(cc6)c6ccccc6n7-c6ccccn6)cccc5n4-c4ccccc4)cccc3c2c1.[Pt+2]. The molecule has 0 unspecified atom stereocenters. The molecule has 4 heterocycles. The Kier molecular flexibility index (Phi) is 6.85. The smallest absolute Gasteiger partial charge is 0.656 e. The van der Waals surface area contributed by atoms with Crippen LogP contribution in [0.25, 0.3) is 88.7 Å². The van der Waals surface area contributed by atoms with Crippen molar-refractivity contribution in [1.29, 1.82) is 0 Å². The van der Waals surface area contributed by atoms with E-state index in [1.54, 1.807) is 0 Å². The van der Waals surface area contributed by atoms with Gasteiger partial charge in [-0.15, -0.1) is 34.8 Å². The van der Waals surface area contributed by atoms with E-state index in [1.807, 2.05) is 30.5 Å². The quantitative estimate of drug-likeness (QED) is 0.167. The molecule has 6 heteroatoms. The van der Waals surface area contributed by atoms with E-state index in [0.29, 0.717) is 0 Å². The number of pyridine rings is 1. The van der Waals surface area contributed by atoms with Gasteiger partial charge in [0.05, 0.1) is 11.0 Å². The number of aromatic nitrogens is 5. The molecule has 0 aliphatic rings. The third kappa shape index (κ3) is 4.50. The van der Waals surface area contributed by atoms with Crippen molar-refractivity contribution in [2.45, 2.75) is 6.92 Å². The van der Waals surface area contributed by atoms with Crippen LogP contribution >= 0.6 is 0 Å². The second-order valence-electron chi connectivity index (χ2n) is 12.3. The normalized spacial score (nSPS) is 11.6. The first-order valence-corrected chi connectivity index (χ1v) is 16.1. The number of nitrogens with zero attached hydrogens (tertiary/aromatic N) is 5. The number of imidazole rings is 1. The van der Waals surface area contributed by atoms with Gasteiger partial charge in [-0.05, 0) is 65.0 Å². The van der Waals surface area contributed by atoms with Crippen LogP contribution in [0.15, 0.2) is 146 Å². The van der Waals surface area contributed by atoms with Crippen LogP contribution in [0.1, 0.15) is 5.56 Å². The number of fused-ring (bicyclic) bond motifs is 7. The number of para-hydroxylation sites is 4. The van der Waals surface area contributed by atoms with Crippen molar-refractivity contribution in [1.82, 2.24) is 24.1 Å². The zero-order chi connectivity index (χ0) is 31.8. The molecule has 0 atom stereocenters. The van der Waals surface area contributed by atoms with Gasteiger partial charge in [0.25, 0.3) is 0 Å². The van der Waals surface area contributed by atoms with E-state index in [0.717, 1.165) is 77.9 Å². The predicted molar refractivity (Wildman–Crippen MR) is 196 cm³/mol. The molecule has 0 amide bonds. The van der Waals surface area contributed by atoms with Gasteiger partial charge in [-0.2, -0.15) is 0 Å². The zero-order valence-electron chi connectivity index (χ0n) is 26.4. The molecule has 0 aliphatic heterocycles. The minimum atomic E-state index is 0. The molecule has 0 radical (unpaired) electrons. The molecule has 0 spiro atoms. The minimum Gasteiger partial charge on any atom is -0.656 e. The van der Waals surface area contributed by atoms with Crippen molar-refractivity contribution in [2.75, 3.05) is 0 Å². The summed E-state index contributed by atoms with van der Waals surface area (Å²) in [6.45, 7) is 2.13. The molecule has 6 aromatic carbocycles. The predicted octanol–water partition coefficient (Wildman–Crippen LogP) is 10.2. The van der Waals surface area contributed by atoms with Gasteiger partial charge in [-0.1, -0.05) is 108 Å². The maximum absolute atomic E-state index is 5.46. The van der Waals surface area contributed by atoms with E-state index in [2.05, 4.69) is 137 Å². The van der Waals surface area contributed by atoms with Gasteiger partial charge in [-0.3, -0.25) is 4.57 Å². The molecule has 0 bridgehead atoms. The van der Waals surface area contributed by atoms with Gasteiger partial charge in [0.2, 0.25) is 0 Å². The van der Waals surface area contributed by atoms with Crippen LogP contribution in [-0.2, 0) is 21.1 Å². The van der Waals surface area contributed by atoms with Crippen molar-refractivity contribution in [2.24, 2.45) is 0 Å². The van der Waals surface area contributed by atoms with Gasteiger partial charge in [0.15, 0.2) is 0 Å². The first-order chi connectivity index (χ1) is 23.7. The Morgan fingerprint density at radius 3 is 2.27 bits per heavy atom. The van der Waals surface area contributed by atoms with E-state index in [9.17, 15) is 0 Å². The van der Waals surface area contributed by atoms with Gasteiger partial charge in [0.1, 0.15) is 11.6 Å². The first-order valence-electron chi connectivity index (χ1n) is 16.1. The first kappa shape index (κ1) is 29.4. The van der Waals surface area contributed by atoms with Gasteiger partial charge in [0, 0.05) is 23.0 Å². The van der Waals surface area contributed by atoms with E-state index < -0.39 is 0 Å². The molecule has 0 N–H and O–H groups in total. The summed E-state index contributed by atoms with van der Waals surface area (Å²) >= 11 is 0. The Labute approximate surface area is 296 Å². The largest absolute Gasteiger partial charge is 2.00 e. The maximum atomic E-state index is 5.46. The summed E-state index contributed by atoms with van der Waals surface area (Å²) < 4.78 is 4.47. The fraction of sp³-hybridized carbons (Fsp3) is 0.0233. The minimum absolute atomic E-state index is 0. The van der Waals surface area contributed by atoms with Crippen LogP contribution in [0.5, 0.6) is 0 Å². The van der Waals surface area contributed by atoms with Gasteiger partial charge < -0.3 is 9.55 Å². The zero-order valence-corrected chi connectivity index (χ0v) is 28.7. The van der Waals surface area contributed by atoms with E-state index in [1.165, 1.54) is 16.3 Å². The second-order valence-corrected chi connectivity index (χ2v) is 12.3. The standard InChI is InChI=1S/C43H27N5.Pt/c1-27-20-23-36-35(25-27)33-15-9-16-34(41(33)45-36)43-46-42-30(14-10-18-38(42)47(43)29-11-3-2-4-12-29)28-21-22-32-31-13-5-6-17-37(31)48(39(32)26-28)40-19-7-8-24-44-40;/h2-25H,1H3;/q-2;+2. The van der Waals surface area contributed by atoms with Crippen LogP contribution in [0.4, 0.5) is 0 Å². The molecule has 49 heavy (non-hydrogen) atoms. The van der Waals surface area contributed by atoms with Crippen LogP contribution in [-0.4, -0.2) is 19.1 Å². The fourth-order valence-electron chi connectivity index (χ4n) is 7.25. The third-order valence-electron chi connectivity index (χ3n) is 9.40. The van der Waals surface area contributed by atoms with Crippen molar-refractivity contribution in [3.8, 4) is 34.0 Å². The number of aryl methyl sites for hydroxylation is 1. The van der Waals surface area contributed by atoms with Gasteiger partial charge >= 0.3 is 21.1 Å². The summed E-state index contributed by atoms with van der Waals surface area (Å²) in [7, 11) is 0. The molecular formula is C43H27N5Pt. The van der Waals surface area contributed by atoms with Crippen LogP contribution < -0.4 is 4.98 Å². The molecule has 4 aromatic heterocycles. The van der Waals surface area contributed by atoms with Crippen molar-refractivity contribution in [3.63, 3.8) is 0 Å². The molecular weight excluding hydrogens is 782 g/mol. The topological polar surface area (TPSA) is 49.7 Å². The van der Waals surface area contributed by atoms with E-state index in [-0.39, 0.29) is 21.1 Å². The fourth-order valence-corrected chi connectivity index (χ4v) is 7.25. The summed E-state index contributed by atoms with van der Waals surface area (Å²) in [5.41, 5.74) is 11.2. The Morgan fingerprint density at radius 2 is 1.39 bits per heavy atom. The van der Waals surface area contributed by atoms with E-state index in [4.69, 9.17) is 15.0 Å². The maximum Gasteiger partial charge on any atom is 2.00 e. The molecule has 0 saturated carbocycles. The number of hydrogen-bond acceptors (Lipinski definition) is 2. The van der Waals surface area contributed by atoms with Crippen LogP contribution in [0, 0.1) is 13.0 Å². The molecule has 10 aromatic rings. The third-order valence-corrected chi connectivity index (χ3v) is 9.40. The summed E-state index contributed by atoms with van der Waals surface area (Å²) in [5.74, 6) is 1.72. The number of hydrogen-bond donors (Lipinski definition) is 0. The van der Waals surface area contributed by atoms with Crippen LogP contribution in [0.3, 0.4) is 0 Å². The van der Waals surface area contributed by atoms with Crippen molar-refractivity contribution in [3.05, 3.63) is 157 Å². The Balaban J connectivity index is 0.00000325. The average Bonchev–Trinajstić information content (AvgIpc) is 3.81. The Bertz CT molecular complexity index is 2840. The summed E-state index contributed by atoms with van der Waals surface area (Å²) in [5, 5.41) is 4.62. The Morgan fingerprint density at radius 1 is 0.612 bits per heavy atom. The molecule has 0 fully saturated rings. The summed E-state index contributed by atoms with van der Waals surface area (Å²) in [6.07, 6.45) is 1.84. The van der Waals surface area contributed by atoms with Crippen molar-refractivity contribution < 1.29 is 21.1 Å². The molecule has 10 rings (SSSR count). The number of benzene rings is 6. The monoisotopic (exact) mass is 808 g/mol. The van der Waals surface area contributed by atoms with Crippen LogP contribution in [0.2, 0.25) is 0 Å². The van der Waals surface area contributed by atoms with Crippen molar-refractivity contribution >= 4 is 54.6 Å².